The fourth-order valence-electron chi connectivity index (χ4n) is 0.283. The van der Waals surface area contributed by atoms with E-state index in [1.807, 2.05) is 0 Å². The quantitative estimate of drug-likeness (QED) is 0.534. The molecule has 8 heavy (non-hydrogen) atoms. The summed E-state index contributed by atoms with van der Waals surface area (Å²) in [5, 5.41) is 0. The second-order valence-corrected chi connectivity index (χ2v) is 1.27. The summed E-state index contributed by atoms with van der Waals surface area (Å²) >= 11 is 0. The normalized spacial score (nSPS) is 7.75. The van der Waals surface area contributed by atoms with Gasteiger partial charge in [0.2, 0.25) is 0 Å². The first kappa shape index (κ1) is 7.44. The molecule has 0 unspecified atom stereocenters. The van der Waals surface area contributed by atoms with Gasteiger partial charge in [-0.05, 0) is 12.2 Å². The molecule has 0 spiro atoms. The van der Waals surface area contributed by atoms with Gasteiger partial charge >= 0.3 is 0 Å². The number of ether oxygens (including phenoxy) is 1. The molecule has 0 radical (unpaired) electrons. The van der Waals surface area contributed by atoms with Gasteiger partial charge in [0.15, 0.2) is 0 Å². The zero-order valence-electron chi connectivity index (χ0n) is 5.05. The number of hydrogen-bond donors (Lipinski definition) is 1. The van der Waals surface area contributed by atoms with Crippen molar-refractivity contribution in [2.24, 2.45) is 5.73 Å². The summed E-state index contributed by atoms with van der Waals surface area (Å²) < 4.78 is 4.71. The highest BCUT2D eigenvalue weighted by atomic mass is 16.5. The summed E-state index contributed by atoms with van der Waals surface area (Å²) in [5.41, 5.74) is 7.97. The minimum atomic E-state index is 0.542. The van der Waals surface area contributed by atoms with Crippen molar-refractivity contribution in [2.75, 3.05) is 20.3 Å². The van der Waals surface area contributed by atoms with Crippen LogP contribution in [0.2, 0.25) is 0 Å². The van der Waals surface area contributed by atoms with Crippen LogP contribution in [0.5, 0.6) is 0 Å². The molecule has 0 fully saturated rings. The lowest BCUT2D eigenvalue weighted by Gasteiger charge is -1.80. The van der Waals surface area contributed by atoms with Crippen molar-refractivity contribution in [1.82, 2.24) is 0 Å². The van der Waals surface area contributed by atoms with Crippen LogP contribution in [-0.4, -0.2) is 20.3 Å². The Labute approximate surface area is 49.6 Å². The van der Waals surface area contributed by atoms with E-state index < -0.39 is 0 Å². The molecule has 0 aliphatic heterocycles. The molecule has 0 aromatic heterocycles. The summed E-state index contributed by atoms with van der Waals surface area (Å²) in [6.45, 7) is 1.15. The highest BCUT2D eigenvalue weighted by Crippen LogP contribution is 1.67. The van der Waals surface area contributed by atoms with Gasteiger partial charge in [-0.3, -0.25) is 0 Å². The highest BCUT2D eigenvalue weighted by Gasteiger charge is 1.64. The number of methoxy groups -OCH3 is 1. The minimum absolute atomic E-state index is 0.542. The van der Waals surface area contributed by atoms with Crippen molar-refractivity contribution in [3.05, 3.63) is 17.9 Å². The average molecular weight is 113 g/mol. The molecule has 0 aromatic carbocycles. The van der Waals surface area contributed by atoms with Gasteiger partial charge in [0, 0.05) is 13.7 Å². The van der Waals surface area contributed by atoms with Crippen molar-refractivity contribution in [3.8, 4) is 0 Å². The molecule has 0 aliphatic rings. The third kappa shape index (κ3) is 5.44. The summed E-state index contributed by atoms with van der Waals surface area (Å²) in [5.74, 6) is 0. The van der Waals surface area contributed by atoms with Gasteiger partial charge in [-0.25, -0.2) is 0 Å². The predicted octanol–water partition coefficient (Wildman–Crippen LogP) is 0.303. The van der Waals surface area contributed by atoms with Crippen LogP contribution in [0.3, 0.4) is 0 Å². The lowest BCUT2D eigenvalue weighted by molar-refractivity contribution is 0.234. The third-order valence-electron chi connectivity index (χ3n) is 0.604. The van der Waals surface area contributed by atoms with Gasteiger partial charge in [-0.15, -0.1) is 5.73 Å². The SMILES string of the molecule is COCC=C=CCN. The molecule has 2 nitrogen and oxygen atoms in total. The van der Waals surface area contributed by atoms with Crippen molar-refractivity contribution >= 4 is 0 Å². The van der Waals surface area contributed by atoms with Gasteiger partial charge in [-0.1, -0.05) is 0 Å². The van der Waals surface area contributed by atoms with Crippen molar-refractivity contribution in [3.63, 3.8) is 0 Å². The third-order valence-corrected chi connectivity index (χ3v) is 0.604. The maximum Gasteiger partial charge on any atom is 0.0717 e. The molecule has 0 bridgehead atoms. The largest absolute Gasteiger partial charge is 0.380 e. The molecule has 2 N–H and O–H groups in total. The van der Waals surface area contributed by atoms with Crippen LogP contribution in [-0.2, 0) is 4.74 Å². The molecule has 0 amide bonds. The van der Waals surface area contributed by atoms with E-state index in [1.165, 1.54) is 0 Å². The predicted molar refractivity (Wildman–Crippen MR) is 33.6 cm³/mol. The lowest BCUT2D eigenvalue weighted by Crippen LogP contribution is -1.91. The first-order valence-corrected chi connectivity index (χ1v) is 2.50. The smallest absolute Gasteiger partial charge is 0.0717 e. The van der Waals surface area contributed by atoms with Gasteiger partial charge in [0.05, 0.1) is 6.61 Å². The van der Waals surface area contributed by atoms with Gasteiger partial charge in [0.25, 0.3) is 0 Å². The Balaban J connectivity index is 3.18. The van der Waals surface area contributed by atoms with Gasteiger partial charge in [0.1, 0.15) is 0 Å². The summed E-state index contributed by atoms with van der Waals surface area (Å²) in [4.78, 5) is 0. The topological polar surface area (TPSA) is 35.2 Å². The van der Waals surface area contributed by atoms with Crippen LogP contribution >= 0.6 is 0 Å². The Morgan fingerprint density at radius 2 is 2.38 bits per heavy atom. The van der Waals surface area contributed by atoms with Crippen LogP contribution in [0.4, 0.5) is 0 Å². The van der Waals surface area contributed by atoms with Crippen molar-refractivity contribution < 1.29 is 4.74 Å². The Morgan fingerprint density at radius 1 is 1.62 bits per heavy atom. The summed E-state index contributed by atoms with van der Waals surface area (Å²) in [6, 6.07) is 0. The number of rotatable bonds is 3. The van der Waals surface area contributed by atoms with E-state index in [2.05, 4.69) is 5.73 Å². The Bertz CT molecular complexity index is 92.7. The molecule has 0 saturated carbocycles. The standard InChI is InChI=1S/C6H11NO/c1-8-6-4-2-3-5-7/h3-4H,5-7H2,1H3. The van der Waals surface area contributed by atoms with Crippen LogP contribution < -0.4 is 5.73 Å². The fraction of sp³-hybridized carbons (Fsp3) is 0.500. The second kappa shape index (κ2) is 6.44. The minimum Gasteiger partial charge on any atom is -0.380 e. The lowest BCUT2D eigenvalue weighted by atomic mass is 10.5. The maximum atomic E-state index is 5.13. The zero-order valence-corrected chi connectivity index (χ0v) is 5.05. The van der Waals surface area contributed by atoms with Crippen LogP contribution in [0.1, 0.15) is 0 Å². The van der Waals surface area contributed by atoms with E-state index in [0.717, 1.165) is 0 Å². The first-order valence-electron chi connectivity index (χ1n) is 2.50. The molecule has 46 valence electrons. The zero-order chi connectivity index (χ0) is 6.24. The molecular weight excluding hydrogens is 102 g/mol. The Morgan fingerprint density at radius 3 is 2.88 bits per heavy atom. The van der Waals surface area contributed by atoms with Crippen LogP contribution in [0.25, 0.3) is 0 Å². The second-order valence-electron chi connectivity index (χ2n) is 1.27. The molecule has 0 heterocycles. The van der Waals surface area contributed by atoms with Crippen LogP contribution in [0, 0.1) is 0 Å². The summed E-state index contributed by atoms with van der Waals surface area (Å²) in [6.07, 6.45) is 3.53. The highest BCUT2D eigenvalue weighted by molar-refractivity contribution is 4.84. The first-order chi connectivity index (χ1) is 3.91. The van der Waals surface area contributed by atoms with E-state index in [0.29, 0.717) is 13.2 Å². The van der Waals surface area contributed by atoms with Gasteiger partial charge < -0.3 is 10.5 Å². The van der Waals surface area contributed by atoms with Gasteiger partial charge in [-0.2, -0.15) is 0 Å². The molecule has 0 rings (SSSR count). The fourth-order valence-corrected chi connectivity index (χ4v) is 0.283. The van der Waals surface area contributed by atoms with E-state index in [-0.39, 0.29) is 0 Å². The molecule has 0 saturated heterocycles. The summed E-state index contributed by atoms with van der Waals surface area (Å²) in [7, 11) is 1.64. The Kier molecular flexibility index (Phi) is 5.99. The molecule has 0 aliphatic carbocycles. The maximum absolute atomic E-state index is 5.13. The molecule has 0 atom stereocenters. The number of hydrogen-bond acceptors (Lipinski definition) is 2. The molecule has 0 aromatic rings. The van der Waals surface area contributed by atoms with E-state index in [9.17, 15) is 0 Å². The van der Waals surface area contributed by atoms with E-state index in [1.54, 1.807) is 19.3 Å². The van der Waals surface area contributed by atoms with Crippen LogP contribution in [0.15, 0.2) is 17.9 Å². The van der Waals surface area contributed by atoms with E-state index in [4.69, 9.17) is 10.5 Å². The van der Waals surface area contributed by atoms with E-state index >= 15 is 0 Å². The van der Waals surface area contributed by atoms with Crippen molar-refractivity contribution in [1.29, 1.82) is 0 Å². The number of nitrogens with two attached hydrogens (primary N) is 1. The molecule has 2 heteroatoms. The Hall–Kier alpha value is -0.560. The van der Waals surface area contributed by atoms with Crippen molar-refractivity contribution in [2.45, 2.75) is 0 Å². The molecular formula is C6H11NO. The monoisotopic (exact) mass is 113 g/mol. The average Bonchev–Trinajstić information content (AvgIpc) is 1.81.